The van der Waals surface area contributed by atoms with Crippen LogP contribution in [0.2, 0.25) is 0 Å². The number of anilines is 2. The van der Waals surface area contributed by atoms with Gasteiger partial charge >= 0.3 is 0 Å². The lowest BCUT2D eigenvalue weighted by atomic mass is 10.2. The van der Waals surface area contributed by atoms with Gasteiger partial charge in [-0.15, -0.1) is 0 Å². The number of nitrogens with one attached hydrogen (secondary N) is 1. The first-order valence-corrected chi connectivity index (χ1v) is 6.17. The van der Waals surface area contributed by atoms with Crippen molar-refractivity contribution in [2.45, 2.75) is 32.2 Å². The molecule has 1 saturated carbocycles. The van der Waals surface area contributed by atoms with Gasteiger partial charge in [0.05, 0.1) is 22.0 Å². The Bertz CT molecular complexity index is 333. The zero-order valence-corrected chi connectivity index (χ0v) is 10.4. The van der Waals surface area contributed by atoms with E-state index >= 15 is 0 Å². The van der Waals surface area contributed by atoms with Crippen LogP contribution in [-0.2, 0) is 0 Å². The Labute approximate surface area is 98.6 Å². The Morgan fingerprint density at radius 3 is 3.07 bits per heavy atom. The average molecular weight is 270 g/mol. The second kappa shape index (κ2) is 4.39. The maximum atomic E-state index is 5.86. The van der Waals surface area contributed by atoms with Crippen LogP contribution in [0, 0.1) is 5.92 Å². The second-order valence-corrected chi connectivity index (χ2v) is 4.98. The van der Waals surface area contributed by atoms with E-state index in [0.717, 1.165) is 16.1 Å². The van der Waals surface area contributed by atoms with Gasteiger partial charge < -0.3 is 11.1 Å². The summed E-state index contributed by atoms with van der Waals surface area (Å²) >= 11 is 3.46. The quantitative estimate of drug-likeness (QED) is 0.884. The summed E-state index contributed by atoms with van der Waals surface area (Å²) in [6.07, 6.45) is 7.29. The Morgan fingerprint density at radius 1 is 1.60 bits per heavy atom. The van der Waals surface area contributed by atoms with Gasteiger partial charge in [0.15, 0.2) is 0 Å². The van der Waals surface area contributed by atoms with Gasteiger partial charge in [-0.2, -0.15) is 0 Å². The fourth-order valence-electron chi connectivity index (χ4n) is 1.90. The Hall–Kier alpha value is -0.770. The summed E-state index contributed by atoms with van der Waals surface area (Å²) in [6, 6.07) is 0.603. The third-order valence-electron chi connectivity index (χ3n) is 2.84. The van der Waals surface area contributed by atoms with E-state index in [2.05, 4.69) is 33.2 Å². The van der Waals surface area contributed by atoms with Crippen molar-refractivity contribution in [2.75, 3.05) is 11.1 Å². The van der Waals surface area contributed by atoms with Crippen LogP contribution in [0.3, 0.4) is 0 Å². The lowest BCUT2D eigenvalue weighted by Crippen LogP contribution is -2.07. The number of hydrogen-bond donors (Lipinski definition) is 2. The van der Waals surface area contributed by atoms with E-state index in [1.807, 2.05) is 0 Å². The van der Waals surface area contributed by atoms with Crippen LogP contribution in [0.25, 0.3) is 0 Å². The third-order valence-corrected chi connectivity index (χ3v) is 3.44. The predicted molar refractivity (Wildman–Crippen MR) is 66.8 cm³/mol. The molecule has 0 bridgehead atoms. The lowest BCUT2D eigenvalue weighted by molar-refractivity contribution is 0.693. The van der Waals surface area contributed by atoms with Crippen molar-refractivity contribution in [3.8, 4) is 0 Å². The maximum Gasteiger partial charge on any atom is 0.0752 e. The minimum Gasteiger partial charge on any atom is -0.396 e. The number of nitrogen functional groups attached to an aromatic ring is 1. The molecule has 0 radical (unpaired) electrons. The lowest BCUT2D eigenvalue weighted by Gasteiger charge is -2.10. The zero-order valence-electron chi connectivity index (χ0n) is 8.83. The molecule has 0 aromatic carbocycles. The highest BCUT2D eigenvalue weighted by molar-refractivity contribution is 9.10. The molecule has 4 heteroatoms. The summed E-state index contributed by atoms with van der Waals surface area (Å²) in [5.74, 6) is 0.828. The number of nitrogens with two attached hydrogens (primary N) is 1. The van der Waals surface area contributed by atoms with E-state index in [-0.39, 0.29) is 0 Å². The summed E-state index contributed by atoms with van der Waals surface area (Å²) in [4.78, 5) is 4.02. The highest BCUT2D eigenvalue weighted by Gasteiger charge is 2.36. The van der Waals surface area contributed by atoms with Gasteiger partial charge in [-0.05, 0) is 34.7 Å². The van der Waals surface area contributed by atoms with E-state index in [0.29, 0.717) is 11.7 Å². The van der Waals surface area contributed by atoms with Crippen LogP contribution < -0.4 is 11.1 Å². The van der Waals surface area contributed by atoms with Gasteiger partial charge in [-0.1, -0.05) is 13.3 Å². The van der Waals surface area contributed by atoms with Crippen molar-refractivity contribution in [3.05, 3.63) is 16.9 Å². The Balaban J connectivity index is 2.00. The smallest absolute Gasteiger partial charge is 0.0752 e. The fraction of sp³-hybridized carbons (Fsp3) is 0.545. The monoisotopic (exact) mass is 269 g/mol. The predicted octanol–water partition coefficient (Wildman–Crippen LogP) is 3.03. The molecule has 3 N–H and O–H groups in total. The number of hydrogen-bond acceptors (Lipinski definition) is 3. The summed E-state index contributed by atoms with van der Waals surface area (Å²) in [5, 5.41) is 3.48. The van der Waals surface area contributed by atoms with Crippen molar-refractivity contribution in [3.63, 3.8) is 0 Å². The first-order valence-electron chi connectivity index (χ1n) is 5.38. The first kappa shape index (κ1) is 10.7. The number of pyridine rings is 1. The largest absolute Gasteiger partial charge is 0.396 e. The maximum absolute atomic E-state index is 5.86. The molecule has 0 spiro atoms. The summed E-state index contributed by atoms with van der Waals surface area (Å²) in [7, 11) is 0. The molecule has 15 heavy (non-hydrogen) atoms. The molecule has 1 heterocycles. The van der Waals surface area contributed by atoms with E-state index < -0.39 is 0 Å². The Kier molecular flexibility index (Phi) is 3.14. The molecule has 2 atom stereocenters. The van der Waals surface area contributed by atoms with Crippen LogP contribution in [0.1, 0.15) is 26.2 Å². The molecule has 0 saturated heterocycles. The van der Waals surface area contributed by atoms with E-state index in [1.165, 1.54) is 19.3 Å². The SMILES string of the molecule is CCCC1CC1Nc1c(N)cncc1Br. The fourth-order valence-corrected chi connectivity index (χ4v) is 2.36. The van der Waals surface area contributed by atoms with Gasteiger partial charge in [0.1, 0.15) is 0 Å². The van der Waals surface area contributed by atoms with Crippen LogP contribution in [0.5, 0.6) is 0 Å². The van der Waals surface area contributed by atoms with Crippen LogP contribution in [0.15, 0.2) is 16.9 Å². The minimum absolute atomic E-state index is 0.603. The Morgan fingerprint density at radius 2 is 2.40 bits per heavy atom. The van der Waals surface area contributed by atoms with Gasteiger partial charge in [0.2, 0.25) is 0 Å². The molecule has 82 valence electrons. The van der Waals surface area contributed by atoms with Crippen molar-refractivity contribution >= 4 is 27.3 Å². The molecule has 1 fully saturated rings. The molecule has 1 aliphatic rings. The molecule has 1 aromatic heterocycles. The minimum atomic E-state index is 0.603. The number of halogens is 1. The number of rotatable bonds is 4. The number of nitrogens with zero attached hydrogens (tertiary/aromatic N) is 1. The second-order valence-electron chi connectivity index (χ2n) is 4.12. The molecule has 3 nitrogen and oxygen atoms in total. The van der Waals surface area contributed by atoms with Crippen LogP contribution in [0.4, 0.5) is 11.4 Å². The topological polar surface area (TPSA) is 50.9 Å². The van der Waals surface area contributed by atoms with E-state index in [1.54, 1.807) is 12.4 Å². The normalized spacial score (nSPS) is 23.9. The van der Waals surface area contributed by atoms with Gasteiger partial charge in [0.25, 0.3) is 0 Å². The van der Waals surface area contributed by atoms with Crippen LogP contribution >= 0.6 is 15.9 Å². The molecular formula is C11H16BrN3. The van der Waals surface area contributed by atoms with Gasteiger partial charge in [-0.25, -0.2) is 0 Å². The number of aromatic nitrogens is 1. The van der Waals surface area contributed by atoms with Crippen molar-refractivity contribution in [1.82, 2.24) is 4.98 Å². The first-order chi connectivity index (χ1) is 7.22. The molecule has 0 amide bonds. The van der Waals surface area contributed by atoms with Crippen molar-refractivity contribution < 1.29 is 0 Å². The van der Waals surface area contributed by atoms with Crippen LogP contribution in [-0.4, -0.2) is 11.0 Å². The van der Waals surface area contributed by atoms with Crippen molar-refractivity contribution in [1.29, 1.82) is 0 Å². The molecule has 2 rings (SSSR count). The van der Waals surface area contributed by atoms with Crippen molar-refractivity contribution in [2.24, 2.45) is 5.92 Å². The van der Waals surface area contributed by atoms with E-state index in [9.17, 15) is 0 Å². The molecular weight excluding hydrogens is 254 g/mol. The van der Waals surface area contributed by atoms with E-state index in [4.69, 9.17) is 5.73 Å². The zero-order chi connectivity index (χ0) is 10.8. The molecule has 2 unspecified atom stereocenters. The van der Waals surface area contributed by atoms with Gasteiger partial charge in [-0.3, -0.25) is 4.98 Å². The molecule has 0 aliphatic heterocycles. The standard InChI is InChI=1S/C11H16BrN3/c1-2-3-7-4-10(7)15-11-8(12)5-14-6-9(11)13/h5-7,10H,2-4,13H2,1H3,(H,14,15). The summed E-state index contributed by atoms with van der Waals surface area (Å²) in [5.41, 5.74) is 7.57. The average Bonchev–Trinajstić information content (AvgIpc) is 2.91. The molecule has 1 aromatic rings. The highest BCUT2D eigenvalue weighted by atomic mass is 79.9. The summed E-state index contributed by atoms with van der Waals surface area (Å²) in [6.45, 7) is 2.23. The molecule has 1 aliphatic carbocycles. The van der Waals surface area contributed by atoms with Gasteiger partial charge in [0, 0.05) is 12.2 Å². The highest BCUT2D eigenvalue weighted by Crippen LogP contribution is 2.39. The third kappa shape index (κ3) is 2.43. The summed E-state index contributed by atoms with van der Waals surface area (Å²) < 4.78 is 0.949.